The lowest BCUT2D eigenvalue weighted by molar-refractivity contribution is 0.415. The normalized spacial score (nSPS) is 15.1. The van der Waals surface area contributed by atoms with Gasteiger partial charge in [-0.15, -0.1) is 0 Å². The lowest BCUT2D eigenvalue weighted by atomic mass is 10.2. The van der Waals surface area contributed by atoms with Crippen molar-refractivity contribution in [1.82, 2.24) is 9.29 Å². The van der Waals surface area contributed by atoms with Crippen molar-refractivity contribution < 1.29 is 13.2 Å². The first-order chi connectivity index (χ1) is 12.9. The zero-order valence-electron chi connectivity index (χ0n) is 15.8. The number of hydrogen-bond donors (Lipinski definition) is 1. The van der Waals surface area contributed by atoms with Crippen LogP contribution in [0.3, 0.4) is 0 Å². The molecule has 2 heterocycles. The molecule has 1 aromatic heterocycles. The minimum atomic E-state index is -3.52. The lowest BCUT2D eigenvalue weighted by Crippen LogP contribution is -2.46. The van der Waals surface area contributed by atoms with E-state index in [9.17, 15) is 8.42 Å². The first kappa shape index (κ1) is 19.2. The number of rotatable bonds is 6. The fourth-order valence-electron chi connectivity index (χ4n) is 2.86. The van der Waals surface area contributed by atoms with Gasteiger partial charge in [0.1, 0.15) is 11.6 Å². The van der Waals surface area contributed by atoms with Crippen molar-refractivity contribution in [1.29, 1.82) is 0 Å². The second-order valence-electron chi connectivity index (χ2n) is 6.47. The van der Waals surface area contributed by atoms with E-state index in [-0.39, 0.29) is 0 Å². The molecule has 146 valence electrons. The SMILES string of the molecule is COc1ccc(N2CCN(c3ccc(NS(=O)(=O)N(C)C)cn3)CC2)cc1. The first-order valence-corrected chi connectivity index (χ1v) is 10.1. The number of hydrogen-bond acceptors (Lipinski definition) is 6. The van der Waals surface area contributed by atoms with Crippen LogP contribution in [0.4, 0.5) is 17.2 Å². The number of nitrogens with zero attached hydrogens (tertiary/aromatic N) is 4. The van der Waals surface area contributed by atoms with E-state index >= 15 is 0 Å². The molecule has 9 heteroatoms. The molecule has 0 unspecified atom stereocenters. The van der Waals surface area contributed by atoms with Gasteiger partial charge in [0.25, 0.3) is 0 Å². The second kappa shape index (κ2) is 8.01. The average molecular weight is 391 g/mol. The summed E-state index contributed by atoms with van der Waals surface area (Å²) in [6.07, 6.45) is 1.55. The Bertz CT molecular complexity index is 846. The standard InChI is InChI=1S/C18H25N5O3S/c1-21(2)27(24,25)20-15-4-9-18(19-14-15)23-12-10-22(11-13-23)16-5-7-17(26-3)8-6-16/h4-9,14,20H,10-13H2,1-3H3. The van der Waals surface area contributed by atoms with Crippen LogP contribution in [0, 0.1) is 0 Å². The third-order valence-electron chi connectivity index (χ3n) is 4.52. The molecule has 0 amide bonds. The molecular formula is C18H25N5O3S. The molecule has 1 aliphatic heterocycles. The topological polar surface area (TPSA) is 78.0 Å². The minimum absolute atomic E-state index is 0.448. The summed E-state index contributed by atoms with van der Waals surface area (Å²) >= 11 is 0. The number of ether oxygens (including phenoxy) is 1. The fraction of sp³-hybridized carbons (Fsp3) is 0.389. The van der Waals surface area contributed by atoms with Crippen LogP contribution in [0.25, 0.3) is 0 Å². The van der Waals surface area contributed by atoms with Crippen LogP contribution in [0.5, 0.6) is 5.75 Å². The summed E-state index contributed by atoms with van der Waals surface area (Å²) in [4.78, 5) is 8.94. The summed E-state index contributed by atoms with van der Waals surface area (Å²) in [6.45, 7) is 3.48. The van der Waals surface area contributed by atoms with Crippen molar-refractivity contribution >= 4 is 27.4 Å². The maximum absolute atomic E-state index is 11.9. The van der Waals surface area contributed by atoms with Gasteiger partial charge in [-0.05, 0) is 36.4 Å². The second-order valence-corrected chi connectivity index (χ2v) is 8.35. The highest BCUT2D eigenvalue weighted by atomic mass is 32.2. The average Bonchev–Trinajstić information content (AvgIpc) is 2.68. The highest BCUT2D eigenvalue weighted by Gasteiger charge is 2.19. The number of anilines is 3. The molecule has 27 heavy (non-hydrogen) atoms. The monoisotopic (exact) mass is 391 g/mol. The van der Waals surface area contributed by atoms with Crippen LogP contribution in [-0.2, 0) is 10.2 Å². The molecule has 0 atom stereocenters. The molecule has 1 fully saturated rings. The molecule has 2 aromatic rings. The van der Waals surface area contributed by atoms with Crippen molar-refractivity contribution in [3.63, 3.8) is 0 Å². The predicted molar refractivity (Wildman–Crippen MR) is 108 cm³/mol. The predicted octanol–water partition coefficient (Wildman–Crippen LogP) is 1.64. The summed E-state index contributed by atoms with van der Waals surface area (Å²) in [5, 5.41) is 0. The third-order valence-corrected chi connectivity index (χ3v) is 5.97. The van der Waals surface area contributed by atoms with Gasteiger partial charge in [0.2, 0.25) is 0 Å². The molecule has 0 spiro atoms. The number of piperazine rings is 1. The van der Waals surface area contributed by atoms with Crippen LogP contribution < -0.4 is 19.3 Å². The van der Waals surface area contributed by atoms with Crippen molar-refractivity contribution in [3.05, 3.63) is 42.6 Å². The smallest absolute Gasteiger partial charge is 0.301 e. The number of methoxy groups -OCH3 is 1. The molecular weight excluding hydrogens is 366 g/mol. The van der Waals surface area contributed by atoms with Gasteiger partial charge < -0.3 is 14.5 Å². The fourth-order valence-corrected chi connectivity index (χ4v) is 3.46. The van der Waals surface area contributed by atoms with Crippen molar-refractivity contribution in [3.8, 4) is 5.75 Å². The van der Waals surface area contributed by atoms with E-state index in [2.05, 4.69) is 31.6 Å². The number of pyridine rings is 1. The Morgan fingerprint density at radius 1 is 1.00 bits per heavy atom. The molecule has 1 aliphatic rings. The molecule has 0 bridgehead atoms. The van der Waals surface area contributed by atoms with Crippen LogP contribution >= 0.6 is 0 Å². The zero-order valence-corrected chi connectivity index (χ0v) is 16.6. The van der Waals surface area contributed by atoms with E-state index in [1.54, 1.807) is 19.4 Å². The van der Waals surface area contributed by atoms with Gasteiger partial charge in [-0.1, -0.05) is 0 Å². The zero-order chi connectivity index (χ0) is 19.4. The lowest BCUT2D eigenvalue weighted by Gasteiger charge is -2.36. The van der Waals surface area contributed by atoms with Crippen molar-refractivity contribution in [2.75, 3.05) is 61.9 Å². The molecule has 0 saturated carbocycles. The van der Waals surface area contributed by atoms with Gasteiger partial charge in [-0.2, -0.15) is 12.7 Å². The van der Waals surface area contributed by atoms with Crippen LogP contribution in [-0.4, -0.2) is 65.1 Å². The van der Waals surface area contributed by atoms with Crippen molar-refractivity contribution in [2.24, 2.45) is 0 Å². The molecule has 8 nitrogen and oxygen atoms in total. The van der Waals surface area contributed by atoms with E-state index in [1.807, 2.05) is 18.2 Å². The van der Waals surface area contributed by atoms with E-state index in [1.165, 1.54) is 19.8 Å². The van der Waals surface area contributed by atoms with Gasteiger partial charge in [0.15, 0.2) is 0 Å². The Morgan fingerprint density at radius 2 is 1.63 bits per heavy atom. The first-order valence-electron chi connectivity index (χ1n) is 8.69. The molecule has 3 rings (SSSR count). The van der Waals surface area contributed by atoms with Gasteiger partial charge >= 0.3 is 10.2 Å². The summed E-state index contributed by atoms with van der Waals surface area (Å²) in [6, 6.07) is 11.7. The van der Waals surface area contributed by atoms with E-state index in [0.29, 0.717) is 5.69 Å². The quantitative estimate of drug-likeness (QED) is 0.807. The van der Waals surface area contributed by atoms with E-state index < -0.39 is 10.2 Å². The third kappa shape index (κ3) is 4.61. The Labute approximate surface area is 160 Å². The van der Waals surface area contributed by atoms with Gasteiger partial charge in [0, 0.05) is 46.0 Å². The van der Waals surface area contributed by atoms with E-state index in [4.69, 9.17) is 4.74 Å². The van der Waals surface area contributed by atoms with Crippen LogP contribution in [0.1, 0.15) is 0 Å². The van der Waals surface area contributed by atoms with Crippen molar-refractivity contribution in [2.45, 2.75) is 0 Å². The minimum Gasteiger partial charge on any atom is -0.497 e. The summed E-state index contributed by atoms with van der Waals surface area (Å²) in [5.74, 6) is 1.70. The van der Waals surface area contributed by atoms with Gasteiger partial charge in [0.05, 0.1) is 19.0 Å². The molecule has 1 aromatic carbocycles. The number of benzene rings is 1. The number of nitrogens with one attached hydrogen (secondary N) is 1. The Balaban J connectivity index is 1.59. The van der Waals surface area contributed by atoms with Gasteiger partial charge in [-0.25, -0.2) is 4.98 Å². The largest absolute Gasteiger partial charge is 0.497 e. The Morgan fingerprint density at radius 3 is 2.15 bits per heavy atom. The highest BCUT2D eigenvalue weighted by Crippen LogP contribution is 2.22. The highest BCUT2D eigenvalue weighted by molar-refractivity contribution is 7.90. The molecule has 1 N–H and O–H groups in total. The maximum atomic E-state index is 11.9. The number of aromatic nitrogens is 1. The Kier molecular flexibility index (Phi) is 5.71. The van der Waals surface area contributed by atoms with Crippen LogP contribution in [0.2, 0.25) is 0 Å². The summed E-state index contributed by atoms with van der Waals surface area (Å²) < 4.78 is 32.5. The summed E-state index contributed by atoms with van der Waals surface area (Å²) in [7, 11) is 1.10. The molecule has 0 aliphatic carbocycles. The molecule has 0 radical (unpaired) electrons. The maximum Gasteiger partial charge on any atom is 0.301 e. The van der Waals surface area contributed by atoms with E-state index in [0.717, 1.165) is 42.1 Å². The molecule has 1 saturated heterocycles. The summed E-state index contributed by atoms with van der Waals surface area (Å²) in [5.41, 5.74) is 1.63. The van der Waals surface area contributed by atoms with Gasteiger partial charge in [-0.3, -0.25) is 4.72 Å². The van der Waals surface area contributed by atoms with Crippen LogP contribution in [0.15, 0.2) is 42.6 Å². The Hall–Kier alpha value is -2.52.